The van der Waals surface area contributed by atoms with Crippen molar-refractivity contribution in [1.82, 2.24) is 0 Å². The number of rotatable bonds is 16. The van der Waals surface area contributed by atoms with E-state index in [2.05, 4.69) is 17.0 Å². The summed E-state index contributed by atoms with van der Waals surface area (Å²) in [7, 11) is 4.13. The van der Waals surface area contributed by atoms with E-state index in [1.807, 2.05) is 0 Å². The van der Waals surface area contributed by atoms with Gasteiger partial charge in [-0.2, -0.15) is 0 Å². The molecule has 0 aliphatic rings. The van der Waals surface area contributed by atoms with E-state index >= 15 is 0 Å². The zero-order valence-electron chi connectivity index (χ0n) is 15.7. The number of carboxylic acids is 1. The van der Waals surface area contributed by atoms with Crippen molar-refractivity contribution in [3.05, 3.63) is 0 Å². The maximum absolute atomic E-state index is 10.3. The molecule has 0 spiro atoms. The van der Waals surface area contributed by atoms with Gasteiger partial charge in [0.1, 0.15) is 0 Å². The van der Waals surface area contributed by atoms with Crippen LogP contribution in [-0.2, 0) is 24.8 Å². The minimum atomic E-state index is -4.78. The summed E-state index contributed by atoms with van der Waals surface area (Å²) < 4.78 is 25.4. The molecular formula is C18H37ClCrO5. The number of carboxylic acid groups (broad SMARTS) is 1. The van der Waals surface area contributed by atoms with Crippen LogP contribution >= 0.6 is 10.0 Å². The van der Waals surface area contributed by atoms with Crippen LogP contribution in [0.2, 0.25) is 0 Å². The van der Waals surface area contributed by atoms with Gasteiger partial charge in [-0.05, 0) is 6.42 Å². The predicted molar refractivity (Wildman–Crippen MR) is 96.6 cm³/mol. The molecule has 0 aromatic carbocycles. The van der Waals surface area contributed by atoms with E-state index in [-0.39, 0.29) is 0 Å². The SMILES string of the molecule is CCCCCCCCCCCCCCCCCC(=O)O.[O]=[Cr](=[O])([OH])[Cl]. The molecule has 25 heavy (non-hydrogen) atoms. The third-order valence-electron chi connectivity index (χ3n) is 3.99. The molecule has 0 fully saturated rings. The van der Waals surface area contributed by atoms with Crippen molar-refractivity contribution < 1.29 is 34.0 Å². The molecule has 7 heteroatoms. The van der Waals surface area contributed by atoms with Crippen LogP contribution in [-0.4, -0.2) is 15.2 Å². The molecule has 0 aliphatic carbocycles. The molecule has 5 nitrogen and oxygen atoms in total. The summed E-state index contributed by atoms with van der Waals surface area (Å²) in [6.07, 6.45) is 20.2. The van der Waals surface area contributed by atoms with E-state index in [1.54, 1.807) is 0 Å². The van der Waals surface area contributed by atoms with E-state index in [1.165, 1.54) is 83.5 Å². The van der Waals surface area contributed by atoms with E-state index in [0.717, 1.165) is 12.8 Å². The van der Waals surface area contributed by atoms with Gasteiger partial charge in [0, 0.05) is 6.42 Å². The molecule has 0 heterocycles. The Labute approximate surface area is 159 Å². The molecule has 0 saturated heterocycles. The van der Waals surface area contributed by atoms with Gasteiger partial charge in [-0.3, -0.25) is 4.79 Å². The summed E-state index contributed by atoms with van der Waals surface area (Å²) in [5.74, 6) is -0.653. The van der Waals surface area contributed by atoms with Gasteiger partial charge in [0.25, 0.3) is 0 Å². The molecule has 152 valence electrons. The van der Waals surface area contributed by atoms with E-state index in [9.17, 15) is 4.79 Å². The summed E-state index contributed by atoms with van der Waals surface area (Å²) in [5.41, 5.74) is 0. The second-order valence-electron chi connectivity index (χ2n) is 6.51. The number of unbranched alkanes of at least 4 members (excludes halogenated alkanes) is 14. The molecule has 0 saturated carbocycles. The first-order chi connectivity index (χ1) is 11.8. The fourth-order valence-corrected chi connectivity index (χ4v) is 2.65. The van der Waals surface area contributed by atoms with Gasteiger partial charge in [0.2, 0.25) is 0 Å². The summed E-state index contributed by atoms with van der Waals surface area (Å²) in [5, 5.41) is 8.52. The van der Waals surface area contributed by atoms with Crippen molar-refractivity contribution in [2.24, 2.45) is 0 Å². The summed E-state index contributed by atoms with van der Waals surface area (Å²) >= 11 is -4.78. The zero-order valence-corrected chi connectivity index (χ0v) is 17.8. The van der Waals surface area contributed by atoms with Gasteiger partial charge >= 0.3 is 40.1 Å². The van der Waals surface area contributed by atoms with E-state index in [0.29, 0.717) is 6.42 Å². The maximum atomic E-state index is 10.3. The summed E-state index contributed by atoms with van der Waals surface area (Å²) in [6, 6.07) is 0. The van der Waals surface area contributed by atoms with Crippen LogP contribution in [0.15, 0.2) is 0 Å². The Kier molecular flexibility index (Phi) is 21.8. The van der Waals surface area contributed by atoms with Crippen molar-refractivity contribution in [2.45, 2.75) is 110 Å². The second kappa shape index (κ2) is 20.2. The standard InChI is InChI=1S/C18H36O2.ClH.Cr.H2O.2O/c1-2-3-4-5-6-7-8-9-10-11-12-13-14-15-16-17-18(19)20;;;;;/h2-17H2,1H3,(H,19,20);1H;;1H2;;/q;;+2;;;/p-2. The molecule has 0 radical (unpaired) electrons. The first-order valence-corrected chi connectivity index (χ1v) is 13.0. The first-order valence-electron chi connectivity index (χ1n) is 9.66. The molecular weight excluding hydrogens is 384 g/mol. The first kappa shape index (κ1) is 27.1. The van der Waals surface area contributed by atoms with Gasteiger partial charge in [-0.1, -0.05) is 96.8 Å². The Morgan fingerprint density at radius 2 is 0.960 bits per heavy atom. The van der Waals surface area contributed by atoms with Crippen molar-refractivity contribution >= 4 is 16.0 Å². The van der Waals surface area contributed by atoms with Crippen LogP contribution in [0.5, 0.6) is 0 Å². The molecule has 0 aromatic heterocycles. The van der Waals surface area contributed by atoms with Crippen molar-refractivity contribution in [2.75, 3.05) is 0 Å². The Balaban J connectivity index is 0. The van der Waals surface area contributed by atoms with Crippen LogP contribution in [0, 0.1) is 0 Å². The molecule has 0 aliphatic heterocycles. The normalized spacial score (nSPS) is 11.0. The van der Waals surface area contributed by atoms with Gasteiger partial charge in [0.05, 0.1) is 0 Å². The number of halogens is 1. The molecule has 0 aromatic rings. The summed E-state index contributed by atoms with van der Waals surface area (Å²) in [6.45, 7) is 2.27. The van der Waals surface area contributed by atoms with Crippen molar-refractivity contribution in [1.29, 1.82) is 0 Å². The Hall–Kier alpha value is -0.148. The predicted octanol–water partition coefficient (Wildman–Crippen LogP) is 6.22. The topological polar surface area (TPSA) is 91.7 Å². The molecule has 0 rings (SSSR count). The number of hydrogen-bond acceptors (Lipinski definition) is 3. The number of aliphatic carboxylic acids is 1. The van der Waals surface area contributed by atoms with E-state index in [4.69, 9.17) is 16.9 Å². The fraction of sp³-hybridized carbons (Fsp3) is 0.944. The molecule has 0 bridgehead atoms. The van der Waals surface area contributed by atoms with Gasteiger partial charge < -0.3 is 5.11 Å². The second-order valence-corrected chi connectivity index (χ2v) is 9.40. The van der Waals surface area contributed by atoms with Crippen LogP contribution in [0.4, 0.5) is 0 Å². The van der Waals surface area contributed by atoms with Crippen molar-refractivity contribution in [3.8, 4) is 0 Å². The Bertz CT molecular complexity index is 377. The monoisotopic (exact) mass is 420 g/mol. The van der Waals surface area contributed by atoms with Gasteiger partial charge in [-0.25, -0.2) is 0 Å². The van der Waals surface area contributed by atoms with Gasteiger partial charge in [0.15, 0.2) is 0 Å². The zero-order chi connectivity index (χ0) is 19.4. The van der Waals surface area contributed by atoms with Crippen molar-refractivity contribution in [3.63, 3.8) is 0 Å². The Morgan fingerprint density at radius 1 is 0.720 bits per heavy atom. The third-order valence-corrected chi connectivity index (χ3v) is 3.99. The average molecular weight is 421 g/mol. The molecule has 0 amide bonds. The van der Waals surface area contributed by atoms with Crippen LogP contribution in [0.3, 0.4) is 0 Å². The van der Waals surface area contributed by atoms with Gasteiger partial charge in [-0.15, -0.1) is 0 Å². The summed E-state index contributed by atoms with van der Waals surface area (Å²) in [4.78, 5) is 10.3. The van der Waals surface area contributed by atoms with Crippen LogP contribution < -0.4 is 0 Å². The average Bonchev–Trinajstić information content (AvgIpc) is 2.49. The fourth-order valence-electron chi connectivity index (χ4n) is 2.65. The third kappa shape index (κ3) is 40.1. The van der Waals surface area contributed by atoms with Crippen LogP contribution in [0.25, 0.3) is 0 Å². The molecule has 2 N–H and O–H groups in total. The van der Waals surface area contributed by atoms with Crippen LogP contribution in [0.1, 0.15) is 110 Å². The Morgan fingerprint density at radius 3 is 1.20 bits per heavy atom. The number of hydrogen-bond donors (Lipinski definition) is 2. The molecule has 0 atom stereocenters. The van der Waals surface area contributed by atoms with E-state index < -0.39 is 18.3 Å². The quantitative estimate of drug-likeness (QED) is 0.289. The number of carbonyl (C=O) groups is 1. The minimum absolute atomic E-state index is 0.345. The molecule has 0 unspecified atom stereocenters.